The van der Waals surface area contributed by atoms with Crippen LogP contribution in [0.15, 0.2) is 125 Å². The summed E-state index contributed by atoms with van der Waals surface area (Å²) < 4.78 is 0. The number of hydrogen-bond acceptors (Lipinski definition) is 6. The first kappa shape index (κ1) is 32.6. The Hall–Kier alpha value is -4.39. The molecule has 37 heavy (non-hydrogen) atoms. The smallest absolute Gasteiger partial charge is 0.187 e. The number of nitroso groups, excluding NO2 is 3. The molecule has 0 radical (unpaired) electrons. The lowest BCUT2D eigenvalue weighted by molar-refractivity contribution is 0.818. The molecule has 0 spiro atoms. The van der Waals surface area contributed by atoms with Crippen LogP contribution in [0.3, 0.4) is 0 Å². The normalized spacial score (nSPS) is 9.73. The van der Waals surface area contributed by atoms with E-state index in [0.717, 1.165) is 16.7 Å². The molecule has 0 atom stereocenters. The molecule has 0 bridgehead atoms. The highest BCUT2D eigenvalue weighted by molar-refractivity contribution is 5.75. The number of hydrogen-bond donors (Lipinski definition) is 3. The second-order valence-electron chi connectivity index (χ2n) is 6.80. The van der Waals surface area contributed by atoms with Gasteiger partial charge in [0.2, 0.25) is 0 Å². The molecule has 0 aliphatic heterocycles. The molecular weight excluding hydrogens is 483 g/mol. The van der Waals surface area contributed by atoms with Crippen molar-refractivity contribution < 1.29 is 0 Å². The molecule has 192 valence electrons. The molecule has 0 unspecified atom stereocenters. The van der Waals surface area contributed by atoms with Gasteiger partial charge in [-0.1, -0.05) is 127 Å². The Morgan fingerprint density at radius 1 is 0.459 bits per heavy atom. The Bertz CT molecular complexity index is 913. The quantitative estimate of drug-likeness (QED) is 0.138. The van der Waals surface area contributed by atoms with E-state index in [1.54, 1.807) is 0 Å². The van der Waals surface area contributed by atoms with Crippen LogP contribution < -0.4 is 16.3 Å². The third-order valence-electron chi connectivity index (χ3n) is 4.15. The first-order valence-corrected chi connectivity index (χ1v) is 11.1. The molecule has 3 rings (SSSR count). The van der Waals surface area contributed by atoms with Crippen molar-refractivity contribution in [2.24, 2.45) is 15.9 Å². The molecular formula is C27H33AlN6O3. The molecule has 0 saturated heterocycles. The molecule has 0 amide bonds. The van der Waals surface area contributed by atoms with Crippen molar-refractivity contribution in [1.82, 2.24) is 16.3 Å². The summed E-state index contributed by atoms with van der Waals surface area (Å²) in [6.45, 7) is 1.41. The van der Waals surface area contributed by atoms with Crippen LogP contribution in [0.1, 0.15) is 16.7 Å². The molecule has 0 heterocycles. The van der Waals surface area contributed by atoms with E-state index >= 15 is 0 Å². The fourth-order valence-electron chi connectivity index (χ4n) is 2.55. The van der Waals surface area contributed by atoms with Crippen molar-refractivity contribution in [2.45, 2.75) is 0 Å². The van der Waals surface area contributed by atoms with E-state index < -0.39 is 0 Å². The van der Waals surface area contributed by atoms with Crippen LogP contribution in [0, 0.1) is 14.7 Å². The van der Waals surface area contributed by atoms with Crippen molar-refractivity contribution in [3.8, 4) is 0 Å². The van der Waals surface area contributed by atoms with Crippen molar-refractivity contribution in [3.63, 3.8) is 0 Å². The predicted molar refractivity (Wildman–Crippen MR) is 158 cm³/mol. The van der Waals surface area contributed by atoms with Gasteiger partial charge in [-0.05, 0) is 16.7 Å². The lowest BCUT2D eigenvalue weighted by Gasteiger charge is -1.90. The minimum Gasteiger partial charge on any atom is -0.270 e. The van der Waals surface area contributed by atoms with Crippen LogP contribution in [0.25, 0.3) is 18.2 Å². The van der Waals surface area contributed by atoms with Gasteiger partial charge in [-0.25, -0.2) is 0 Å². The zero-order valence-electron chi connectivity index (χ0n) is 19.8. The Labute approximate surface area is 227 Å². The SMILES string of the molecule is O=NNCC=Cc1ccccc1.O=NNCC=Cc1ccccc1.O=NNCC=Cc1ccccc1.[AlH3]. The molecule has 0 fully saturated rings. The van der Waals surface area contributed by atoms with Gasteiger partial charge in [0.15, 0.2) is 17.4 Å². The molecule has 3 aromatic rings. The van der Waals surface area contributed by atoms with Gasteiger partial charge in [0.05, 0.1) is 19.6 Å². The molecule has 0 aliphatic rings. The third kappa shape index (κ3) is 19.6. The lowest BCUT2D eigenvalue weighted by Crippen LogP contribution is -2.01. The number of benzene rings is 3. The Morgan fingerprint density at radius 2 is 0.703 bits per heavy atom. The van der Waals surface area contributed by atoms with Gasteiger partial charge in [-0.15, -0.1) is 14.7 Å². The highest BCUT2D eigenvalue weighted by Gasteiger charge is 1.83. The zero-order valence-corrected chi connectivity index (χ0v) is 19.8. The van der Waals surface area contributed by atoms with E-state index in [0.29, 0.717) is 19.6 Å². The summed E-state index contributed by atoms with van der Waals surface area (Å²) >= 11 is 0. The number of rotatable bonds is 12. The van der Waals surface area contributed by atoms with E-state index in [2.05, 4.69) is 32.1 Å². The minimum atomic E-state index is 0. The summed E-state index contributed by atoms with van der Waals surface area (Å²) in [4.78, 5) is 28.9. The largest absolute Gasteiger partial charge is 0.270 e. The van der Waals surface area contributed by atoms with Crippen LogP contribution in [0.5, 0.6) is 0 Å². The fourth-order valence-corrected chi connectivity index (χ4v) is 2.55. The van der Waals surface area contributed by atoms with Crippen LogP contribution in [0.2, 0.25) is 0 Å². The fraction of sp³-hybridized carbons (Fsp3) is 0.111. The molecule has 0 aromatic heterocycles. The highest BCUT2D eigenvalue weighted by atomic mass is 27.0. The van der Waals surface area contributed by atoms with Gasteiger partial charge in [0, 0.05) is 15.9 Å². The van der Waals surface area contributed by atoms with E-state index in [-0.39, 0.29) is 17.4 Å². The minimum absolute atomic E-state index is 0. The molecule has 3 N–H and O–H groups in total. The molecule has 3 aromatic carbocycles. The Morgan fingerprint density at radius 3 is 0.919 bits per heavy atom. The maximum atomic E-state index is 9.62. The Balaban J connectivity index is 0.000000518. The van der Waals surface area contributed by atoms with E-state index in [9.17, 15) is 14.7 Å². The van der Waals surface area contributed by atoms with Crippen LogP contribution in [-0.2, 0) is 0 Å². The zero-order chi connectivity index (χ0) is 25.9. The van der Waals surface area contributed by atoms with Crippen molar-refractivity contribution in [2.75, 3.05) is 19.6 Å². The monoisotopic (exact) mass is 516 g/mol. The van der Waals surface area contributed by atoms with Crippen LogP contribution in [-0.4, -0.2) is 37.0 Å². The van der Waals surface area contributed by atoms with E-state index in [4.69, 9.17) is 0 Å². The van der Waals surface area contributed by atoms with Gasteiger partial charge in [-0.3, -0.25) is 16.3 Å². The van der Waals surface area contributed by atoms with Gasteiger partial charge in [0.1, 0.15) is 0 Å². The predicted octanol–water partition coefficient (Wildman–Crippen LogP) is 4.73. The summed E-state index contributed by atoms with van der Waals surface area (Å²) in [5.74, 6) is 0. The Kier molecular flexibility index (Phi) is 21.8. The standard InChI is InChI=1S/3C9H10N2O.Al.3H/c3*12-11-10-8-4-7-9-5-2-1-3-6-9;;;;/h3*1-7H,8H2,(H,10,12);;;;. The first-order valence-electron chi connectivity index (χ1n) is 11.1. The lowest BCUT2D eigenvalue weighted by atomic mass is 10.2. The average molecular weight is 517 g/mol. The summed E-state index contributed by atoms with van der Waals surface area (Å²) in [6, 6.07) is 29.6. The number of nitrogens with one attached hydrogen (secondary N) is 3. The summed E-state index contributed by atoms with van der Waals surface area (Å²) in [5, 5.41) is 7.55. The third-order valence-corrected chi connectivity index (χ3v) is 4.15. The highest BCUT2D eigenvalue weighted by Crippen LogP contribution is 2.01. The van der Waals surface area contributed by atoms with Crippen LogP contribution >= 0.6 is 0 Å². The summed E-state index contributed by atoms with van der Waals surface area (Å²) in [7, 11) is 0. The number of nitrogens with zero attached hydrogens (tertiary/aromatic N) is 3. The molecule has 0 saturated carbocycles. The van der Waals surface area contributed by atoms with Gasteiger partial charge in [-0.2, -0.15) is 0 Å². The summed E-state index contributed by atoms with van der Waals surface area (Å²) in [6.07, 6.45) is 11.3. The van der Waals surface area contributed by atoms with Crippen molar-refractivity contribution in [3.05, 3.63) is 141 Å². The maximum absolute atomic E-state index is 9.62. The summed E-state index contributed by atoms with van der Waals surface area (Å²) in [5.41, 5.74) is 10.3. The van der Waals surface area contributed by atoms with E-state index in [1.807, 2.05) is 127 Å². The van der Waals surface area contributed by atoms with Crippen molar-refractivity contribution >= 4 is 35.6 Å². The second-order valence-corrected chi connectivity index (χ2v) is 6.80. The van der Waals surface area contributed by atoms with Crippen LogP contribution in [0.4, 0.5) is 0 Å². The second kappa shape index (κ2) is 24.7. The molecule has 0 aliphatic carbocycles. The van der Waals surface area contributed by atoms with E-state index in [1.165, 1.54) is 0 Å². The van der Waals surface area contributed by atoms with Gasteiger partial charge >= 0.3 is 0 Å². The van der Waals surface area contributed by atoms with Crippen molar-refractivity contribution in [1.29, 1.82) is 0 Å². The molecule has 9 nitrogen and oxygen atoms in total. The van der Waals surface area contributed by atoms with Gasteiger partial charge < -0.3 is 0 Å². The van der Waals surface area contributed by atoms with Gasteiger partial charge in [0.25, 0.3) is 0 Å². The molecule has 10 heteroatoms. The topological polar surface area (TPSA) is 124 Å². The first-order chi connectivity index (χ1) is 17.8. The average Bonchev–Trinajstić information content (AvgIpc) is 2.94. The maximum Gasteiger partial charge on any atom is 0.187 e.